The van der Waals surface area contributed by atoms with Gasteiger partial charge in [-0.25, -0.2) is 0 Å². The minimum atomic E-state index is 0. The Morgan fingerprint density at radius 2 is 1.58 bits per heavy atom. The molecule has 0 aliphatic heterocycles. The van der Waals surface area contributed by atoms with Gasteiger partial charge in [-0.15, -0.1) is 29.1 Å². The van der Waals surface area contributed by atoms with E-state index in [0.29, 0.717) is 0 Å². The smallest absolute Gasteiger partial charge is 0.162 e. The largest absolute Gasteiger partial charge is 0.512 e. The molecule has 0 unspecified atom stereocenters. The van der Waals surface area contributed by atoms with Crippen LogP contribution in [0.5, 0.6) is 0 Å². The van der Waals surface area contributed by atoms with E-state index in [-0.39, 0.29) is 54.3 Å². The van der Waals surface area contributed by atoms with Crippen molar-refractivity contribution >= 4 is 27.3 Å². The van der Waals surface area contributed by atoms with E-state index in [4.69, 9.17) is 4.98 Å². The second-order valence-corrected chi connectivity index (χ2v) is 14.1. The zero-order chi connectivity index (χ0) is 32.2. The summed E-state index contributed by atoms with van der Waals surface area (Å²) in [5, 5.41) is 14.8. The maximum Gasteiger partial charge on any atom is 0.162 e. The van der Waals surface area contributed by atoms with Gasteiger partial charge in [0.15, 0.2) is 5.78 Å². The van der Waals surface area contributed by atoms with E-state index < -0.39 is 0 Å². The number of pyridine rings is 1. The minimum absolute atomic E-state index is 0. The molecule has 0 saturated heterocycles. The zero-order valence-corrected chi connectivity index (χ0v) is 31.2. The van der Waals surface area contributed by atoms with Crippen LogP contribution in [0.4, 0.5) is 0 Å². The standard InChI is InChI=1S/C28H28N.C13H24O2.Ir/c1-27(2,3)25-17-19(16-18-8-6-7-9-20(18)25)26-23-10-11-24-22(12-14-28(24,4)5)21(23)13-15-29-26;1-5-10(6-2)12(14)9-13(15)11(7-3)8-4;/h6-11,13,15,17H,12,14H2,1-5H3;9-11,14H,5-8H2,1-4H3;/q-1;;/b;12-9-;. The molecule has 3 nitrogen and oxygen atoms in total. The summed E-state index contributed by atoms with van der Waals surface area (Å²) in [5.74, 6) is 0.547. The Morgan fingerprint density at radius 3 is 2.20 bits per heavy atom. The number of nitrogens with zero attached hydrogens (tertiary/aromatic N) is 1. The zero-order valence-electron chi connectivity index (χ0n) is 28.8. The van der Waals surface area contributed by atoms with Crippen LogP contribution in [0, 0.1) is 17.9 Å². The number of rotatable bonds is 8. The number of ketones is 1. The first-order valence-electron chi connectivity index (χ1n) is 16.7. The predicted molar refractivity (Wildman–Crippen MR) is 187 cm³/mol. The van der Waals surface area contributed by atoms with Crippen LogP contribution >= 0.6 is 0 Å². The van der Waals surface area contributed by atoms with Crippen LogP contribution in [0.1, 0.15) is 111 Å². The number of fused-ring (bicyclic) bond motifs is 4. The van der Waals surface area contributed by atoms with Gasteiger partial charge in [-0.3, -0.25) is 9.78 Å². The van der Waals surface area contributed by atoms with E-state index in [1.807, 2.05) is 33.9 Å². The van der Waals surface area contributed by atoms with E-state index in [2.05, 4.69) is 89.2 Å². The number of allylic oxidation sites excluding steroid dienone is 2. The topological polar surface area (TPSA) is 50.2 Å². The molecule has 1 heterocycles. The van der Waals surface area contributed by atoms with E-state index in [1.54, 1.807) is 0 Å². The maximum atomic E-state index is 11.7. The summed E-state index contributed by atoms with van der Waals surface area (Å²) in [6.45, 7) is 19.6. The first-order chi connectivity index (χ1) is 20.9. The molecule has 4 heteroatoms. The van der Waals surface area contributed by atoms with Gasteiger partial charge in [0, 0.05) is 49.9 Å². The fraction of sp³-hybridized carbons (Fsp3) is 0.463. The molecule has 1 radical (unpaired) electrons. The van der Waals surface area contributed by atoms with Crippen molar-refractivity contribution in [3.63, 3.8) is 0 Å². The molecule has 3 aromatic carbocycles. The average molecular weight is 783 g/mol. The third-order valence-electron chi connectivity index (χ3n) is 9.71. The number of benzene rings is 3. The monoisotopic (exact) mass is 783 g/mol. The van der Waals surface area contributed by atoms with Crippen LogP contribution in [0.25, 0.3) is 32.8 Å². The molecular formula is C41H52IrNO2-. The number of carbonyl (C=O) groups excluding carboxylic acids is 1. The van der Waals surface area contributed by atoms with Gasteiger partial charge in [-0.1, -0.05) is 104 Å². The molecule has 0 saturated carbocycles. The Balaban J connectivity index is 0.000000297. The number of carbonyl (C=O) groups is 1. The molecule has 1 aliphatic rings. The number of aryl methyl sites for hydroxylation is 1. The molecule has 1 N–H and O–H groups in total. The number of hydrogen-bond acceptors (Lipinski definition) is 3. The van der Waals surface area contributed by atoms with Crippen molar-refractivity contribution in [2.24, 2.45) is 11.8 Å². The fourth-order valence-electron chi connectivity index (χ4n) is 6.77. The average Bonchev–Trinajstić information content (AvgIpc) is 3.31. The van der Waals surface area contributed by atoms with Gasteiger partial charge in [0.1, 0.15) is 0 Å². The fourth-order valence-corrected chi connectivity index (χ4v) is 6.77. The summed E-state index contributed by atoms with van der Waals surface area (Å²) >= 11 is 0. The summed E-state index contributed by atoms with van der Waals surface area (Å²) in [7, 11) is 0. The minimum Gasteiger partial charge on any atom is -0.512 e. The summed E-state index contributed by atoms with van der Waals surface area (Å²) in [4.78, 5) is 16.6. The Hall–Kier alpha value is -2.81. The maximum absolute atomic E-state index is 11.7. The van der Waals surface area contributed by atoms with E-state index in [1.165, 1.54) is 45.3 Å². The quantitative estimate of drug-likeness (QED) is 0.110. The number of aliphatic hydroxyl groups excluding tert-OH is 1. The van der Waals surface area contributed by atoms with Crippen LogP contribution in [0.2, 0.25) is 0 Å². The summed E-state index contributed by atoms with van der Waals surface area (Å²) in [6.07, 6.45) is 9.25. The predicted octanol–water partition coefficient (Wildman–Crippen LogP) is 11.2. The second kappa shape index (κ2) is 15.2. The normalized spacial score (nSPS) is 14.3. The molecule has 0 spiro atoms. The van der Waals surface area contributed by atoms with Crippen LogP contribution in [0.15, 0.2) is 66.6 Å². The Bertz CT molecular complexity index is 1650. The number of aliphatic hydroxyl groups is 1. The molecule has 1 aromatic heterocycles. The van der Waals surface area contributed by atoms with Crippen molar-refractivity contribution in [1.29, 1.82) is 0 Å². The van der Waals surface area contributed by atoms with Crippen molar-refractivity contribution in [2.45, 2.75) is 112 Å². The summed E-state index contributed by atoms with van der Waals surface area (Å²) in [6, 6.07) is 21.4. The van der Waals surface area contributed by atoms with Crippen LogP contribution in [-0.2, 0) is 42.2 Å². The SMILES string of the molecule is CC(C)(C)c1cc(-c2nccc3c4c(ccc23)C(C)(C)CC4)[c-]c2ccccc12.CCC(CC)C(=O)/C=C(\O)C(CC)CC.[Ir]. The van der Waals surface area contributed by atoms with Crippen molar-refractivity contribution in [3.8, 4) is 11.3 Å². The molecule has 243 valence electrons. The first kappa shape index (κ1) is 36.7. The molecule has 0 bridgehead atoms. The van der Waals surface area contributed by atoms with Gasteiger partial charge >= 0.3 is 0 Å². The molecule has 45 heavy (non-hydrogen) atoms. The van der Waals surface area contributed by atoms with Gasteiger partial charge in [-0.05, 0) is 77.3 Å². The summed E-state index contributed by atoms with van der Waals surface area (Å²) < 4.78 is 0. The van der Waals surface area contributed by atoms with Crippen LogP contribution < -0.4 is 0 Å². The number of hydrogen-bond donors (Lipinski definition) is 1. The Labute approximate surface area is 285 Å². The van der Waals surface area contributed by atoms with E-state index >= 15 is 0 Å². The Morgan fingerprint density at radius 1 is 0.933 bits per heavy atom. The van der Waals surface area contributed by atoms with Crippen molar-refractivity contribution in [2.75, 3.05) is 0 Å². The van der Waals surface area contributed by atoms with Gasteiger partial charge in [0.2, 0.25) is 0 Å². The number of aromatic nitrogens is 1. The van der Waals surface area contributed by atoms with E-state index in [9.17, 15) is 9.90 Å². The van der Waals surface area contributed by atoms with E-state index in [0.717, 1.165) is 48.7 Å². The van der Waals surface area contributed by atoms with Gasteiger partial charge in [0.05, 0.1) is 5.76 Å². The molecule has 1 aliphatic carbocycles. The molecule has 5 rings (SSSR count). The third kappa shape index (κ3) is 7.95. The third-order valence-corrected chi connectivity index (χ3v) is 9.71. The van der Waals surface area contributed by atoms with Crippen molar-refractivity contribution < 1.29 is 30.0 Å². The molecular weight excluding hydrogens is 731 g/mol. The van der Waals surface area contributed by atoms with Crippen LogP contribution in [0.3, 0.4) is 0 Å². The second-order valence-electron chi connectivity index (χ2n) is 14.1. The van der Waals surface area contributed by atoms with Gasteiger partial charge in [-0.2, -0.15) is 0 Å². The Kier molecular flexibility index (Phi) is 12.4. The van der Waals surface area contributed by atoms with Crippen molar-refractivity contribution in [1.82, 2.24) is 4.98 Å². The molecule has 0 atom stereocenters. The molecule has 0 amide bonds. The summed E-state index contributed by atoms with van der Waals surface area (Å²) in [5.41, 5.74) is 6.82. The first-order valence-corrected chi connectivity index (χ1v) is 16.7. The van der Waals surface area contributed by atoms with Gasteiger partial charge in [0.25, 0.3) is 0 Å². The van der Waals surface area contributed by atoms with Crippen molar-refractivity contribution in [3.05, 3.63) is 89.3 Å². The molecule has 0 fully saturated rings. The van der Waals surface area contributed by atoms with Gasteiger partial charge < -0.3 is 5.11 Å². The molecule has 4 aromatic rings. The van der Waals surface area contributed by atoms with Crippen LogP contribution in [-0.4, -0.2) is 15.9 Å².